The largest absolute Gasteiger partial charge is 0.490 e. The Labute approximate surface area is 168 Å². The van der Waals surface area contributed by atoms with Crippen molar-refractivity contribution < 1.29 is 23.8 Å². The lowest BCUT2D eigenvalue weighted by molar-refractivity contribution is -0.135. The molecule has 1 saturated heterocycles. The third-order valence-electron chi connectivity index (χ3n) is 3.63. The summed E-state index contributed by atoms with van der Waals surface area (Å²) in [7, 11) is 1.24. The van der Waals surface area contributed by atoms with Crippen molar-refractivity contribution in [2.24, 2.45) is 10.2 Å². The average molecular weight is 405 g/mol. The number of rotatable bonds is 8. The van der Waals surface area contributed by atoms with Crippen LogP contribution in [-0.4, -0.2) is 43.1 Å². The number of benzene rings is 1. The molecule has 1 N–H and O–H groups in total. The van der Waals surface area contributed by atoms with Crippen LogP contribution in [0.4, 0.5) is 0 Å². The van der Waals surface area contributed by atoms with E-state index in [0.29, 0.717) is 18.1 Å². The van der Waals surface area contributed by atoms with Crippen molar-refractivity contribution >= 4 is 35.0 Å². The van der Waals surface area contributed by atoms with Gasteiger partial charge in [-0.1, -0.05) is 6.92 Å². The van der Waals surface area contributed by atoms with E-state index in [0.717, 1.165) is 29.8 Å². The van der Waals surface area contributed by atoms with Gasteiger partial charge in [-0.15, -0.1) is 5.10 Å². The minimum absolute atomic E-state index is 0.0837. The van der Waals surface area contributed by atoms with Crippen LogP contribution in [0.15, 0.2) is 39.4 Å². The number of esters is 1. The number of hydrogen-bond acceptors (Lipinski definition) is 8. The monoisotopic (exact) mass is 405 g/mol. The average Bonchev–Trinajstić information content (AvgIpc) is 3.02. The maximum absolute atomic E-state index is 11.8. The van der Waals surface area contributed by atoms with Gasteiger partial charge < -0.3 is 14.2 Å². The van der Waals surface area contributed by atoms with E-state index in [1.165, 1.54) is 13.3 Å². The Morgan fingerprint density at radius 2 is 2.11 bits per heavy atom. The lowest BCUT2D eigenvalue weighted by Gasteiger charge is -2.16. The molecule has 1 atom stereocenters. The van der Waals surface area contributed by atoms with Gasteiger partial charge in [0.25, 0.3) is 5.91 Å². The van der Waals surface area contributed by atoms with Crippen molar-refractivity contribution in [3.8, 4) is 11.5 Å². The zero-order valence-corrected chi connectivity index (χ0v) is 17.0. The van der Waals surface area contributed by atoms with Crippen LogP contribution in [0.5, 0.6) is 11.5 Å². The molecule has 8 nitrogen and oxygen atoms in total. The second-order valence-electron chi connectivity index (χ2n) is 5.71. The van der Waals surface area contributed by atoms with E-state index in [9.17, 15) is 9.59 Å². The predicted molar refractivity (Wildman–Crippen MR) is 109 cm³/mol. The molecule has 0 aromatic heterocycles. The first kappa shape index (κ1) is 21.5. The van der Waals surface area contributed by atoms with E-state index in [1.54, 1.807) is 0 Å². The van der Waals surface area contributed by atoms with Crippen LogP contribution in [0.2, 0.25) is 0 Å². The summed E-state index contributed by atoms with van der Waals surface area (Å²) in [5.74, 6) is 0.280. The van der Waals surface area contributed by atoms with E-state index in [1.807, 2.05) is 32.0 Å². The summed E-state index contributed by atoms with van der Waals surface area (Å²) in [5.41, 5.74) is 0.768. The van der Waals surface area contributed by atoms with Crippen LogP contribution in [0, 0.1) is 0 Å². The summed E-state index contributed by atoms with van der Waals surface area (Å²) < 4.78 is 16.0. The quantitative estimate of drug-likeness (QED) is 0.309. The molecule has 2 rings (SSSR count). The Kier molecular flexibility index (Phi) is 8.06. The Hall–Kier alpha value is -2.81. The minimum Gasteiger partial charge on any atom is -0.490 e. The molecule has 0 aliphatic carbocycles. The van der Waals surface area contributed by atoms with Crippen LogP contribution in [0.3, 0.4) is 0 Å². The van der Waals surface area contributed by atoms with Crippen LogP contribution in [0.25, 0.3) is 0 Å². The van der Waals surface area contributed by atoms with Crippen molar-refractivity contribution in [1.29, 1.82) is 0 Å². The van der Waals surface area contributed by atoms with Gasteiger partial charge in [-0.3, -0.25) is 10.1 Å². The lowest BCUT2D eigenvalue weighted by atomic mass is 10.2. The van der Waals surface area contributed by atoms with E-state index in [4.69, 9.17) is 9.47 Å². The zero-order chi connectivity index (χ0) is 20.5. The highest BCUT2D eigenvalue weighted by Gasteiger charge is 2.25. The Bertz CT molecular complexity index is 820. The number of hydrogen-bond donors (Lipinski definition) is 1. The van der Waals surface area contributed by atoms with Crippen molar-refractivity contribution in [3.05, 3.63) is 34.7 Å². The Balaban J connectivity index is 2.10. The summed E-state index contributed by atoms with van der Waals surface area (Å²) in [6.07, 6.45) is 3.62. The molecule has 9 heteroatoms. The number of carbonyl (C=O) groups is 2. The standard InChI is InChI=1S/C19H23N3O5S/c1-5-12(3)27-14-8-7-13(9-15(14)26-6-2)11-20-22-19-21-18(24)16(28-19)10-17(23)25-4/h7-12H,5-6H2,1-4H3,(H,21,22,24)/b16-10+,20-11?. The number of nitrogens with one attached hydrogen (secondary N) is 1. The number of thioether (sulfide) groups is 1. The third-order valence-corrected chi connectivity index (χ3v) is 4.53. The van der Waals surface area contributed by atoms with Gasteiger partial charge >= 0.3 is 5.97 Å². The summed E-state index contributed by atoms with van der Waals surface area (Å²) in [4.78, 5) is 23.2. The molecule has 1 fully saturated rings. The summed E-state index contributed by atoms with van der Waals surface area (Å²) in [6, 6.07) is 5.48. The predicted octanol–water partition coefficient (Wildman–Crippen LogP) is 2.87. The fourth-order valence-corrected chi connectivity index (χ4v) is 2.80. The van der Waals surface area contributed by atoms with Gasteiger partial charge in [0.2, 0.25) is 0 Å². The third kappa shape index (κ3) is 6.12. The van der Waals surface area contributed by atoms with Gasteiger partial charge in [-0.05, 0) is 55.8 Å². The first-order valence-electron chi connectivity index (χ1n) is 8.80. The maximum atomic E-state index is 11.8. The van der Waals surface area contributed by atoms with Crippen molar-refractivity contribution in [2.75, 3.05) is 13.7 Å². The van der Waals surface area contributed by atoms with Crippen molar-refractivity contribution in [1.82, 2.24) is 5.32 Å². The van der Waals surface area contributed by atoms with Gasteiger partial charge in [-0.25, -0.2) is 4.79 Å². The number of nitrogens with zero attached hydrogens (tertiary/aromatic N) is 2. The Morgan fingerprint density at radius 3 is 2.79 bits per heavy atom. The minimum atomic E-state index is -0.606. The van der Waals surface area contributed by atoms with Crippen molar-refractivity contribution in [3.63, 3.8) is 0 Å². The van der Waals surface area contributed by atoms with Crippen LogP contribution in [0.1, 0.15) is 32.8 Å². The molecule has 1 heterocycles. The second-order valence-corrected chi connectivity index (χ2v) is 6.74. The second kappa shape index (κ2) is 10.5. The van der Waals surface area contributed by atoms with E-state index in [2.05, 4.69) is 27.2 Å². The molecule has 1 unspecified atom stereocenters. The normalized spacial score (nSPS) is 17.8. The summed E-state index contributed by atoms with van der Waals surface area (Å²) in [6.45, 7) is 6.46. The maximum Gasteiger partial charge on any atom is 0.331 e. The smallest absolute Gasteiger partial charge is 0.331 e. The molecule has 0 saturated carbocycles. The summed E-state index contributed by atoms with van der Waals surface area (Å²) >= 11 is 1.01. The molecule has 1 aliphatic rings. The van der Waals surface area contributed by atoms with Gasteiger partial charge in [-0.2, -0.15) is 5.10 Å². The summed E-state index contributed by atoms with van der Waals surface area (Å²) in [5, 5.41) is 10.8. The molecular weight excluding hydrogens is 382 g/mol. The van der Waals surface area contributed by atoms with Crippen LogP contribution >= 0.6 is 11.8 Å². The molecule has 1 aromatic carbocycles. The van der Waals surface area contributed by atoms with E-state index in [-0.39, 0.29) is 16.2 Å². The SMILES string of the molecule is CCOc1cc(C=N/N=C2/NC(=O)/C(=C\C(=O)OC)S2)ccc1OC(C)CC. The van der Waals surface area contributed by atoms with E-state index < -0.39 is 11.9 Å². The number of amides is 1. The fraction of sp³-hybridized carbons (Fsp3) is 0.368. The first-order valence-corrected chi connectivity index (χ1v) is 9.61. The fourth-order valence-electron chi connectivity index (χ4n) is 2.06. The number of amidine groups is 1. The van der Waals surface area contributed by atoms with Gasteiger partial charge in [0, 0.05) is 6.08 Å². The zero-order valence-electron chi connectivity index (χ0n) is 16.2. The first-order chi connectivity index (χ1) is 13.5. The molecule has 28 heavy (non-hydrogen) atoms. The highest BCUT2D eigenvalue weighted by Crippen LogP contribution is 2.29. The van der Waals surface area contributed by atoms with Gasteiger partial charge in [0.15, 0.2) is 16.7 Å². The molecule has 0 bridgehead atoms. The van der Waals surface area contributed by atoms with Crippen LogP contribution < -0.4 is 14.8 Å². The lowest BCUT2D eigenvalue weighted by Crippen LogP contribution is -2.19. The molecule has 0 radical (unpaired) electrons. The van der Waals surface area contributed by atoms with Crippen molar-refractivity contribution in [2.45, 2.75) is 33.3 Å². The van der Waals surface area contributed by atoms with E-state index >= 15 is 0 Å². The van der Waals surface area contributed by atoms with Crippen LogP contribution in [-0.2, 0) is 14.3 Å². The molecular formula is C19H23N3O5S. The van der Waals surface area contributed by atoms with Gasteiger partial charge in [0.05, 0.1) is 30.9 Å². The van der Waals surface area contributed by atoms with Gasteiger partial charge in [0.1, 0.15) is 0 Å². The number of methoxy groups -OCH3 is 1. The molecule has 150 valence electrons. The highest BCUT2D eigenvalue weighted by molar-refractivity contribution is 8.18. The number of carbonyl (C=O) groups excluding carboxylic acids is 2. The molecule has 1 aromatic rings. The topological polar surface area (TPSA) is 98.6 Å². The highest BCUT2D eigenvalue weighted by atomic mass is 32.2. The Morgan fingerprint density at radius 1 is 1.32 bits per heavy atom. The molecule has 1 amide bonds. The molecule has 0 spiro atoms. The molecule has 1 aliphatic heterocycles. The number of ether oxygens (including phenoxy) is 3.